The summed E-state index contributed by atoms with van der Waals surface area (Å²) < 4.78 is 23.0. The van der Waals surface area contributed by atoms with Gasteiger partial charge in [-0.2, -0.15) is 0 Å². The highest BCUT2D eigenvalue weighted by molar-refractivity contribution is 9.10. The van der Waals surface area contributed by atoms with E-state index in [0.29, 0.717) is 49.2 Å². The van der Waals surface area contributed by atoms with E-state index in [9.17, 15) is 5.11 Å². The van der Waals surface area contributed by atoms with Crippen LogP contribution >= 0.6 is 78.3 Å². The van der Waals surface area contributed by atoms with Gasteiger partial charge in [0.25, 0.3) is 3.25 Å². The molecule has 5 radical (unpaired) electrons. The number of aromatic hydroxyl groups is 1. The van der Waals surface area contributed by atoms with Gasteiger partial charge >= 0.3 is 7.48 Å². The third-order valence-corrected chi connectivity index (χ3v) is 17.4. The van der Waals surface area contributed by atoms with Crippen molar-refractivity contribution in [3.05, 3.63) is 255 Å². The van der Waals surface area contributed by atoms with Crippen molar-refractivity contribution >= 4 is 107 Å². The molecule has 6 N–H and O–H groups in total. The molecule has 8 aromatic carbocycles. The van der Waals surface area contributed by atoms with Crippen molar-refractivity contribution in [1.29, 1.82) is 0 Å². The summed E-state index contributed by atoms with van der Waals surface area (Å²) in [4.78, 5) is 0. The summed E-state index contributed by atoms with van der Waals surface area (Å²) in [6.45, 7) is 38.9. The molecule has 19 heteroatoms. The minimum Gasteiger partial charge on any atom is -0.508 e. The molecule has 0 aliphatic heterocycles. The van der Waals surface area contributed by atoms with Crippen molar-refractivity contribution in [3.8, 4) is 23.0 Å². The smallest absolute Gasteiger partial charge is 0.331 e. The number of phenolic OH excluding ortho intramolecular Hbond substituents is 1. The second-order valence-corrected chi connectivity index (χ2v) is 33.0. The van der Waals surface area contributed by atoms with E-state index >= 15 is 0 Å². The van der Waals surface area contributed by atoms with Gasteiger partial charge in [0.15, 0.2) is 0 Å². The van der Waals surface area contributed by atoms with E-state index in [2.05, 4.69) is 188 Å². The minimum atomic E-state index is -1.61. The molecule has 0 atom stereocenters. The number of hydrogen-bond donors (Lipinski definition) is 6. The van der Waals surface area contributed by atoms with Crippen LogP contribution in [0.25, 0.3) is 0 Å². The van der Waals surface area contributed by atoms with Crippen LogP contribution in [-0.4, -0.2) is 90.5 Å². The van der Waals surface area contributed by atoms with Crippen LogP contribution in [0.5, 0.6) is 23.0 Å². The van der Waals surface area contributed by atoms with Gasteiger partial charge in [0.1, 0.15) is 42.8 Å². The number of alkyl halides is 5. The predicted octanol–water partition coefficient (Wildman–Crippen LogP) is 21.7. The van der Waals surface area contributed by atoms with Gasteiger partial charge in [-0.3, -0.25) is 0 Å². The number of hydrogen-bond acceptors (Lipinski definition) is 10. The molecule has 0 saturated carbocycles. The molecule has 0 saturated heterocycles. The van der Waals surface area contributed by atoms with Crippen LogP contribution < -0.4 is 19.7 Å². The fraction of sp³-hybridized carbons (Fsp3) is 0.422. The van der Waals surface area contributed by atoms with E-state index in [1.807, 2.05) is 123 Å². The van der Waals surface area contributed by atoms with E-state index < -0.39 is 36.9 Å². The Morgan fingerprint density at radius 2 is 0.696 bits per heavy atom. The van der Waals surface area contributed by atoms with Crippen molar-refractivity contribution in [1.82, 2.24) is 0 Å². The lowest BCUT2D eigenvalue weighted by atomic mass is 9.78. The van der Waals surface area contributed by atoms with E-state index in [1.54, 1.807) is 88.9 Å². The molecular formula is C83H112B3Br2Cl4O10. The normalized spacial score (nSPS) is 11.4. The molecule has 102 heavy (non-hydrogen) atoms. The number of ether oxygens (including phenoxy) is 3. The molecule has 8 rings (SSSR count). The van der Waals surface area contributed by atoms with Gasteiger partial charge in [-0.1, -0.05) is 285 Å². The Balaban J connectivity index is 0.00000120. The summed E-state index contributed by atoms with van der Waals surface area (Å²) in [6.07, 6.45) is 0. The second-order valence-electron chi connectivity index (χ2n) is 28.2. The van der Waals surface area contributed by atoms with Crippen molar-refractivity contribution in [2.24, 2.45) is 0 Å². The third kappa shape index (κ3) is 43.5. The average Bonchev–Trinajstić information content (AvgIpc) is 0.825. The topological polar surface area (TPSA) is 158 Å². The summed E-state index contributed by atoms with van der Waals surface area (Å²) in [7, 11) is 9.74. The molecule has 8 aromatic rings. The Morgan fingerprint density at radius 3 is 0.990 bits per heavy atom. The highest BCUT2D eigenvalue weighted by atomic mass is 79.9. The van der Waals surface area contributed by atoms with Crippen molar-refractivity contribution < 1.29 is 49.5 Å². The van der Waals surface area contributed by atoms with Gasteiger partial charge < -0.3 is 49.5 Å². The van der Waals surface area contributed by atoms with Crippen LogP contribution in [0.15, 0.2) is 211 Å². The fourth-order valence-corrected chi connectivity index (χ4v) is 8.37. The first-order valence-electron chi connectivity index (χ1n) is 33.8. The van der Waals surface area contributed by atoms with Crippen LogP contribution in [-0.2, 0) is 29.8 Å². The lowest BCUT2D eigenvalue weighted by molar-refractivity contribution is -0.107. The quantitative estimate of drug-likeness (QED) is 0.0320. The molecule has 0 unspecified atom stereocenters. The predicted molar refractivity (Wildman–Crippen MR) is 443 cm³/mol. The SMILES string of the molecule is BrCc1ccccc1.CC(C)(O)C(C)(C)O.CC(C)(O)C(C)(C)O.CC(C)c1cc(OCc2ccccc2)ccc1Br.CC(C)c1cc(OCc2ccccc2)ccc1[B]OC(C)(C)C(C)(C)O.CC(C)c1cccc(O)c1.CC(C)c1cccc(OCc2ccccc2)c1.ClC(Cl)(Cl)Cl.[B][B]. The summed E-state index contributed by atoms with van der Waals surface area (Å²) in [5.74, 6) is 4.91. The monoisotopic (exact) mass is 1600 g/mol. The lowest BCUT2D eigenvalue weighted by Crippen LogP contribution is -2.49. The van der Waals surface area contributed by atoms with Crippen molar-refractivity contribution in [2.45, 2.75) is 224 Å². The number of phenols is 1. The van der Waals surface area contributed by atoms with Gasteiger partial charge in [-0.05, 0) is 211 Å². The number of benzene rings is 8. The van der Waals surface area contributed by atoms with Gasteiger partial charge in [-0.25, -0.2) is 0 Å². The van der Waals surface area contributed by atoms with Gasteiger partial charge in [0.05, 0.1) is 33.6 Å². The molecule has 10 nitrogen and oxygen atoms in total. The first-order chi connectivity index (χ1) is 47.1. The molecule has 0 fully saturated rings. The van der Waals surface area contributed by atoms with Gasteiger partial charge in [-0.15, -0.1) is 0 Å². The van der Waals surface area contributed by atoms with E-state index in [0.717, 1.165) is 43.6 Å². The second kappa shape index (κ2) is 48.3. The molecule has 0 amide bonds. The number of halogens is 6. The summed E-state index contributed by atoms with van der Waals surface area (Å²) in [5.41, 5.74) is 5.12. The Kier molecular flexibility index (Phi) is 45.9. The van der Waals surface area contributed by atoms with Crippen molar-refractivity contribution in [3.63, 3.8) is 0 Å². The van der Waals surface area contributed by atoms with Crippen LogP contribution in [0.1, 0.15) is 207 Å². The van der Waals surface area contributed by atoms with Crippen LogP contribution in [0.3, 0.4) is 0 Å². The maximum Gasteiger partial charge on any atom is 0.331 e. The summed E-state index contributed by atoms with van der Waals surface area (Å²) >= 11 is 26.2. The van der Waals surface area contributed by atoms with Crippen LogP contribution in [0.4, 0.5) is 0 Å². The first kappa shape index (κ1) is 97.0. The Hall–Kier alpha value is -4.97. The van der Waals surface area contributed by atoms with Gasteiger partial charge in [0, 0.05) is 25.3 Å². The van der Waals surface area contributed by atoms with Gasteiger partial charge in [0.2, 0.25) is 0 Å². The molecule has 555 valence electrons. The molecule has 0 aliphatic rings. The third-order valence-electron chi connectivity index (χ3n) is 16.0. The highest BCUT2D eigenvalue weighted by Gasteiger charge is 2.36. The van der Waals surface area contributed by atoms with E-state index in [4.69, 9.17) is 90.8 Å². The zero-order valence-electron chi connectivity index (χ0n) is 63.6. The minimum absolute atomic E-state index is 0.329. The maximum absolute atomic E-state index is 10.3. The molecule has 0 aliphatic carbocycles. The van der Waals surface area contributed by atoms with E-state index in [1.165, 1.54) is 33.4 Å². The highest BCUT2D eigenvalue weighted by Crippen LogP contribution is 2.32. The van der Waals surface area contributed by atoms with Crippen molar-refractivity contribution in [2.75, 3.05) is 0 Å². The Bertz CT molecular complexity index is 3430. The zero-order chi connectivity index (χ0) is 78.3. The first-order valence-corrected chi connectivity index (χ1v) is 37.2. The molecule has 0 heterocycles. The molecule has 0 aromatic heterocycles. The number of aliphatic hydroxyl groups is 5. The molecule has 0 spiro atoms. The zero-order valence-corrected chi connectivity index (χ0v) is 69.8. The lowest BCUT2D eigenvalue weighted by Gasteiger charge is -2.37. The van der Waals surface area contributed by atoms with Crippen LogP contribution in [0.2, 0.25) is 0 Å². The Labute approximate surface area is 653 Å². The maximum atomic E-state index is 10.3. The van der Waals surface area contributed by atoms with Crippen LogP contribution in [0, 0.1) is 0 Å². The number of rotatable bonds is 20. The summed E-state index contributed by atoms with van der Waals surface area (Å²) in [6, 6.07) is 68.7. The largest absolute Gasteiger partial charge is 0.508 e. The standard InChI is InChI=1S/C22H30BO3.C16H17BrO.C16H18O.C9H12O.C7H7Br.2C6H14O2.CCl4.B2/c1-16(2)19-14-18(25-15-17-10-8-7-9-11-17)12-13-20(19)23-26-22(5,6)21(3,4)24;1-12(2)15-10-14(8-9-16(15)17)18-11-13-6-4-3-5-7-13;1-13(2)15-9-6-10-16(11-15)17-12-14-7-4-3-5-8-14;1-7(2)8-4-3-5-9(10)6-8;8-6-7-4-2-1-3-5-7;2*1-5(2,7)6(3,4)8;2-1(3,4)5;1-2/h7-14,16,24H,15H2,1-6H3;3-10,12H,11H2,1-2H3;3-11,13H,12H2,1-2H3;3-7,10H,1-2H3;1-5H,6H2;2*7-8H,1-4H3;;. The summed E-state index contributed by atoms with van der Waals surface area (Å²) in [5, 5.41) is 56.7. The Morgan fingerprint density at radius 1 is 0.382 bits per heavy atom. The average molecular weight is 1600 g/mol. The molecular weight excluding hydrogens is 1490 g/mol. The van der Waals surface area contributed by atoms with E-state index in [-0.39, 0.29) is 0 Å². The molecule has 0 bridgehead atoms. The fourth-order valence-electron chi connectivity index (χ4n) is 7.30.